The van der Waals surface area contributed by atoms with Gasteiger partial charge in [0, 0.05) is 6.07 Å². The van der Waals surface area contributed by atoms with Gasteiger partial charge >= 0.3 is 0 Å². The molecule has 4 nitrogen and oxygen atoms in total. The summed E-state index contributed by atoms with van der Waals surface area (Å²) in [6.07, 6.45) is 0. The van der Waals surface area contributed by atoms with Crippen LogP contribution in [-0.2, 0) is 10.0 Å². The summed E-state index contributed by atoms with van der Waals surface area (Å²) in [5.74, 6) is -0.721. The molecule has 6 heteroatoms. The largest absolute Gasteiger partial charge is 0.494 e. The molecule has 2 aromatic rings. The van der Waals surface area contributed by atoms with Crippen molar-refractivity contribution in [2.45, 2.75) is 18.7 Å². The van der Waals surface area contributed by atoms with Gasteiger partial charge in [0.05, 0.1) is 17.7 Å². The van der Waals surface area contributed by atoms with E-state index in [1.807, 2.05) is 26.0 Å². The molecule has 0 spiro atoms. The number of hydrogen-bond acceptors (Lipinski definition) is 3. The van der Waals surface area contributed by atoms with Gasteiger partial charge in [0.15, 0.2) is 11.6 Å². The summed E-state index contributed by atoms with van der Waals surface area (Å²) in [6, 6.07) is 8.81. The maximum atomic E-state index is 13.4. The Hall–Kier alpha value is -2.08. The molecule has 0 bridgehead atoms. The minimum Gasteiger partial charge on any atom is -0.494 e. The van der Waals surface area contributed by atoms with E-state index in [1.165, 1.54) is 13.2 Å². The van der Waals surface area contributed by atoms with E-state index in [4.69, 9.17) is 4.74 Å². The molecule has 0 aliphatic heterocycles. The number of methoxy groups -OCH3 is 1. The van der Waals surface area contributed by atoms with Gasteiger partial charge in [-0.15, -0.1) is 0 Å². The molecule has 2 rings (SSSR count). The van der Waals surface area contributed by atoms with Crippen LogP contribution in [0.2, 0.25) is 0 Å². The molecule has 0 aliphatic rings. The standard InChI is InChI=1S/C15H16FNO3S/c1-10-4-7-14(11(2)8-10)17-21(18,19)12-5-6-13(16)15(9-12)20-3/h4-9,17H,1-3H3. The lowest BCUT2D eigenvalue weighted by molar-refractivity contribution is 0.385. The van der Waals surface area contributed by atoms with Crippen LogP contribution in [0, 0.1) is 19.7 Å². The molecule has 0 fully saturated rings. The first-order valence-corrected chi connectivity index (χ1v) is 7.75. The summed E-state index contributed by atoms with van der Waals surface area (Å²) in [4.78, 5) is -0.0549. The molecule has 2 aromatic carbocycles. The minimum absolute atomic E-state index is 0.0549. The molecule has 0 unspecified atom stereocenters. The van der Waals surface area contributed by atoms with Gasteiger partial charge in [-0.1, -0.05) is 17.7 Å². The second-order valence-electron chi connectivity index (χ2n) is 4.72. The number of halogens is 1. The third-order valence-electron chi connectivity index (χ3n) is 3.06. The lowest BCUT2D eigenvalue weighted by atomic mass is 10.1. The molecule has 0 aromatic heterocycles. The fourth-order valence-corrected chi connectivity index (χ4v) is 3.08. The van der Waals surface area contributed by atoms with Crippen LogP contribution in [0.5, 0.6) is 5.75 Å². The van der Waals surface area contributed by atoms with Crippen molar-refractivity contribution in [1.29, 1.82) is 0 Å². The zero-order chi connectivity index (χ0) is 15.6. The Kier molecular flexibility index (Phi) is 4.18. The van der Waals surface area contributed by atoms with E-state index in [-0.39, 0.29) is 10.6 Å². The van der Waals surface area contributed by atoms with Crippen molar-refractivity contribution in [3.63, 3.8) is 0 Å². The molecule has 0 saturated heterocycles. The van der Waals surface area contributed by atoms with Crippen molar-refractivity contribution in [3.8, 4) is 5.75 Å². The van der Waals surface area contributed by atoms with Crippen molar-refractivity contribution < 1.29 is 17.5 Å². The molecule has 0 aliphatic carbocycles. The van der Waals surface area contributed by atoms with Gasteiger partial charge in [-0.3, -0.25) is 4.72 Å². The second kappa shape index (κ2) is 5.73. The summed E-state index contributed by atoms with van der Waals surface area (Å²) >= 11 is 0. The molecular formula is C15H16FNO3S. The highest BCUT2D eigenvalue weighted by atomic mass is 32.2. The Labute approximate surface area is 123 Å². The average molecular weight is 309 g/mol. The van der Waals surface area contributed by atoms with Crippen LogP contribution in [0.3, 0.4) is 0 Å². The van der Waals surface area contributed by atoms with Gasteiger partial charge in [-0.25, -0.2) is 12.8 Å². The molecule has 0 radical (unpaired) electrons. The summed E-state index contributed by atoms with van der Waals surface area (Å²) in [6.45, 7) is 3.74. The highest BCUT2D eigenvalue weighted by molar-refractivity contribution is 7.92. The topological polar surface area (TPSA) is 55.4 Å². The Morgan fingerprint density at radius 3 is 2.43 bits per heavy atom. The van der Waals surface area contributed by atoms with Crippen LogP contribution in [0.4, 0.5) is 10.1 Å². The lowest BCUT2D eigenvalue weighted by Crippen LogP contribution is -2.14. The van der Waals surface area contributed by atoms with E-state index in [1.54, 1.807) is 6.07 Å². The van der Waals surface area contributed by atoms with Crippen molar-refractivity contribution >= 4 is 15.7 Å². The number of benzene rings is 2. The monoisotopic (exact) mass is 309 g/mol. The predicted octanol–water partition coefficient (Wildman–Crippen LogP) is 3.25. The average Bonchev–Trinajstić information content (AvgIpc) is 2.42. The molecule has 0 atom stereocenters. The summed E-state index contributed by atoms with van der Waals surface area (Å²) in [7, 11) is -2.51. The van der Waals surface area contributed by atoms with Crippen LogP contribution in [0.1, 0.15) is 11.1 Å². The number of ether oxygens (including phenoxy) is 1. The quantitative estimate of drug-likeness (QED) is 0.943. The molecule has 0 saturated carbocycles. The molecule has 1 N–H and O–H groups in total. The first-order valence-electron chi connectivity index (χ1n) is 6.27. The fraction of sp³-hybridized carbons (Fsp3) is 0.200. The van der Waals surface area contributed by atoms with Crippen molar-refractivity contribution in [2.24, 2.45) is 0 Å². The Balaban J connectivity index is 2.38. The Morgan fingerprint density at radius 2 is 1.81 bits per heavy atom. The lowest BCUT2D eigenvalue weighted by Gasteiger charge is -2.12. The van der Waals surface area contributed by atoms with Gasteiger partial charge in [0.2, 0.25) is 0 Å². The molecular weight excluding hydrogens is 293 g/mol. The third-order valence-corrected chi connectivity index (χ3v) is 4.42. The number of sulfonamides is 1. The van der Waals surface area contributed by atoms with Crippen molar-refractivity contribution in [1.82, 2.24) is 0 Å². The normalized spacial score (nSPS) is 11.2. The number of anilines is 1. The first kappa shape index (κ1) is 15.3. The maximum Gasteiger partial charge on any atom is 0.262 e. The van der Waals surface area contributed by atoms with E-state index in [0.717, 1.165) is 23.3 Å². The van der Waals surface area contributed by atoms with Crippen molar-refractivity contribution in [2.75, 3.05) is 11.8 Å². The molecule has 0 amide bonds. The summed E-state index contributed by atoms with van der Waals surface area (Å²) in [5, 5.41) is 0. The van der Waals surface area contributed by atoms with Crippen LogP contribution >= 0.6 is 0 Å². The second-order valence-corrected chi connectivity index (χ2v) is 6.40. The minimum atomic E-state index is -3.79. The van der Waals surface area contributed by atoms with E-state index in [9.17, 15) is 12.8 Å². The Bertz CT molecular complexity index is 772. The van der Waals surface area contributed by atoms with Crippen LogP contribution in [-0.4, -0.2) is 15.5 Å². The van der Waals surface area contributed by atoms with Crippen LogP contribution < -0.4 is 9.46 Å². The molecule has 0 heterocycles. The Morgan fingerprint density at radius 1 is 1.10 bits per heavy atom. The highest BCUT2D eigenvalue weighted by Gasteiger charge is 2.17. The smallest absolute Gasteiger partial charge is 0.262 e. The third kappa shape index (κ3) is 3.33. The van der Waals surface area contributed by atoms with Gasteiger partial charge in [0.25, 0.3) is 10.0 Å². The van der Waals surface area contributed by atoms with Gasteiger partial charge in [-0.05, 0) is 37.6 Å². The van der Waals surface area contributed by atoms with Gasteiger partial charge in [-0.2, -0.15) is 0 Å². The van der Waals surface area contributed by atoms with Gasteiger partial charge < -0.3 is 4.74 Å². The van der Waals surface area contributed by atoms with E-state index < -0.39 is 15.8 Å². The predicted molar refractivity (Wildman–Crippen MR) is 79.7 cm³/mol. The first-order chi connectivity index (χ1) is 9.83. The van der Waals surface area contributed by atoms with Gasteiger partial charge in [0.1, 0.15) is 0 Å². The number of rotatable bonds is 4. The van der Waals surface area contributed by atoms with Crippen LogP contribution in [0.25, 0.3) is 0 Å². The van der Waals surface area contributed by atoms with Crippen LogP contribution in [0.15, 0.2) is 41.3 Å². The van der Waals surface area contributed by atoms with Crippen molar-refractivity contribution in [3.05, 3.63) is 53.3 Å². The number of aryl methyl sites for hydroxylation is 2. The highest BCUT2D eigenvalue weighted by Crippen LogP contribution is 2.24. The maximum absolute atomic E-state index is 13.4. The fourth-order valence-electron chi connectivity index (χ4n) is 1.94. The van der Waals surface area contributed by atoms with E-state index in [2.05, 4.69) is 4.72 Å². The van der Waals surface area contributed by atoms with E-state index in [0.29, 0.717) is 5.69 Å². The SMILES string of the molecule is COc1cc(S(=O)(=O)Nc2ccc(C)cc2C)ccc1F. The zero-order valence-electron chi connectivity index (χ0n) is 12.0. The summed E-state index contributed by atoms with van der Waals surface area (Å²) in [5.41, 5.74) is 2.34. The molecule has 112 valence electrons. The zero-order valence-corrected chi connectivity index (χ0v) is 12.8. The summed E-state index contributed by atoms with van der Waals surface area (Å²) < 4.78 is 45.3. The van der Waals surface area contributed by atoms with E-state index >= 15 is 0 Å². The molecule has 21 heavy (non-hydrogen) atoms. The number of nitrogens with one attached hydrogen (secondary N) is 1. The number of hydrogen-bond donors (Lipinski definition) is 1.